The average molecular weight is 299 g/mol. The van der Waals surface area contributed by atoms with Gasteiger partial charge in [-0.1, -0.05) is 60.7 Å². The minimum atomic E-state index is -0.432. The average Bonchev–Trinajstić information content (AvgIpc) is 2.58. The van der Waals surface area contributed by atoms with E-state index in [1.807, 2.05) is 60.7 Å². The van der Waals surface area contributed by atoms with Crippen molar-refractivity contribution in [1.29, 1.82) is 0 Å². The summed E-state index contributed by atoms with van der Waals surface area (Å²) in [5.41, 5.74) is 2.01. The van der Waals surface area contributed by atoms with Gasteiger partial charge in [0.15, 0.2) is 0 Å². The van der Waals surface area contributed by atoms with Crippen LogP contribution < -0.4 is 0 Å². The first-order chi connectivity index (χ1) is 10.7. The Balaban J connectivity index is 1.90. The highest BCUT2D eigenvalue weighted by atomic mass is 16.6. The topological polar surface area (TPSA) is 49.8 Å². The number of hydrogen-bond donors (Lipinski definition) is 1. The zero-order valence-electron chi connectivity index (χ0n) is 12.7. The SMILES string of the molecule is CN(C(=O)OCc1ccccc1)C(CO)Cc1ccccc1. The van der Waals surface area contributed by atoms with Crippen LogP contribution in [0.1, 0.15) is 11.1 Å². The van der Waals surface area contributed by atoms with Crippen LogP contribution in [0.2, 0.25) is 0 Å². The molecule has 0 spiro atoms. The smallest absolute Gasteiger partial charge is 0.410 e. The Morgan fingerprint density at radius 2 is 1.59 bits per heavy atom. The van der Waals surface area contributed by atoms with Gasteiger partial charge in [-0.3, -0.25) is 0 Å². The van der Waals surface area contributed by atoms with Crippen molar-refractivity contribution in [2.45, 2.75) is 19.1 Å². The van der Waals surface area contributed by atoms with Crippen molar-refractivity contribution in [3.05, 3.63) is 71.8 Å². The number of amides is 1. The zero-order chi connectivity index (χ0) is 15.8. The fourth-order valence-corrected chi connectivity index (χ4v) is 2.18. The maximum atomic E-state index is 12.1. The van der Waals surface area contributed by atoms with Crippen LogP contribution in [-0.2, 0) is 17.8 Å². The minimum Gasteiger partial charge on any atom is -0.445 e. The van der Waals surface area contributed by atoms with Gasteiger partial charge in [0.1, 0.15) is 6.61 Å². The Morgan fingerprint density at radius 1 is 1.05 bits per heavy atom. The molecular formula is C18H21NO3. The Bertz CT molecular complexity index is 571. The van der Waals surface area contributed by atoms with Crippen LogP contribution in [0.15, 0.2) is 60.7 Å². The van der Waals surface area contributed by atoms with Crippen molar-refractivity contribution in [3.63, 3.8) is 0 Å². The molecule has 1 unspecified atom stereocenters. The number of hydrogen-bond acceptors (Lipinski definition) is 3. The Labute approximate surface area is 131 Å². The third kappa shape index (κ3) is 4.60. The molecule has 0 aromatic heterocycles. The highest BCUT2D eigenvalue weighted by Crippen LogP contribution is 2.10. The first kappa shape index (κ1) is 16.0. The van der Waals surface area contributed by atoms with Crippen molar-refractivity contribution in [2.24, 2.45) is 0 Å². The van der Waals surface area contributed by atoms with E-state index >= 15 is 0 Å². The summed E-state index contributed by atoms with van der Waals surface area (Å²) in [4.78, 5) is 13.6. The van der Waals surface area contributed by atoms with Gasteiger partial charge in [-0.15, -0.1) is 0 Å². The molecular weight excluding hydrogens is 278 g/mol. The summed E-state index contributed by atoms with van der Waals surface area (Å²) < 4.78 is 5.29. The van der Waals surface area contributed by atoms with Crippen LogP contribution in [0.3, 0.4) is 0 Å². The number of aliphatic hydroxyl groups excluding tert-OH is 1. The van der Waals surface area contributed by atoms with Gasteiger partial charge in [-0.25, -0.2) is 4.79 Å². The molecule has 1 N–H and O–H groups in total. The summed E-state index contributed by atoms with van der Waals surface area (Å²) >= 11 is 0. The van der Waals surface area contributed by atoms with E-state index < -0.39 is 6.09 Å². The number of nitrogens with zero attached hydrogens (tertiary/aromatic N) is 1. The van der Waals surface area contributed by atoms with E-state index in [1.165, 1.54) is 4.90 Å². The normalized spacial score (nSPS) is 11.7. The molecule has 0 aliphatic rings. The molecule has 1 amide bonds. The van der Waals surface area contributed by atoms with Crippen LogP contribution in [-0.4, -0.2) is 35.8 Å². The maximum absolute atomic E-state index is 12.1. The summed E-state index contributed by atoms with van der Waals surface area (Å²) in [5, 5.41) is 9.54. The summed E-state index contributed by atoms with van der Waals surface area (Å²) in [7, 11) is 1.65. The van der Waals surface area contributed by atoms with Gasteiger partial charge < -0.3 is 14.7 Å². The summed E-state index contributed by atoms with van der Waals surface area (Å²) in [6, 6.07) is 19.0. The third-order valence-corrected chi connectivity index (χ3v) is 3.57. The molecule has 2 rings (SSSR count). The summed E-state index contributed by atoms with van der Waals surface area (Å²) in [6.07, 6.45) is 0.160. The molecule has 22 heavy (non-hydrogen) atoms. The molecule has 4 nitrogen and oxygen atoms in total. The predicted molar refractivity (Wildman–Crippen MR) is 85.4 cm³/mol. The molecule has 0 bridgehead atoms. The highest BCUT2D eigenvalue weighted by molar-refractivity contribution is 5.67. The van der Waals surface area contributed by atoms with Crippen molar-refractivity contribution in [3.8, 4) is 0 Å². The second kappa shape index (κ2) is 8.20. The van der Waals surface area contributed by atoms with Crippen molar-refractivity contribution >= 4 is 6.09 Å². The van der Waals surface area contributed by atoms with Gasteiger partial charge in [-0.2, -0.15) is 0 Å². The number of ether oxygens (including phenoxy) is 1. The van der Waals surface area contributed by atoms with E-state index in [1.54, 1.807) is 7.05 Å². The van der Waals surface area contributed by atoms with E-state index in [2.05, 4.69) is 0 Å². The van der Waals surface area contributed by atoms with Gasteiger partial charge >= 0.3 is 6.09 Å². The van der Waals surface area contributed by atoms with E-state index in [4.69, 9.17) is 4.74 Å². The molecule has 2 aromatic carbocycles. The quantitative estimate of drug-likeness (QED) is 0.892. The van der Waals surface area contributed by atoms with Crippen LogP contribution in [0.25, 0.3) is 0 Å². The van der Waals surface area contributed by atoms with Crippen LogP contribution in [0, 0.1) is 0 Å². The number of aliphatic hydroxyl groups is 1. The molecule has 0 saturated heterocycles. The lowest BCUT2D eigenvalue weighted by Gasteiger charge is -2.26. The summed E-state index contributed by atoms with van der Waals surface area (Å²) in [5.74, 6) is 0. The van der Waals surface area contributed by atoms with E-state index in [0.29, 0.717) is 6.42 Å². The number of carbonyl (C=O) groups is 1. The summed E-state index contributed by atoms with van der Waals surface area (Å²) in [6.45, 7) is 0.124. The Hall–Kier alpha value is -2.33. The molecule has 1 atom stereocenters. The number of rotatable bonds is 6. The first-order valence-electron chi connectivity index (χ1n) is 7.29. The molecule has 116 valence electrons. The molecule has 0 saturated carbocycles. The second-order valence-electron chi connectivity index (χ2n) is 5.18. The first-order valence-corrected chi connectivity index (χ1v) is 7.29. The predicted octanol–water partition coefficient (Wildman–Crippen LogP) is 2.86. The molecule has 0 aliphatic carbocycles. The van der Waals surface area contributed by atoms with Crippen molar-refractivity contribution in [2.75, 3.05) is 13.7 Å². The van der Waals surface area contributed by atoms with Gasteiger partial charge in [0.25, 0.3) is 0 Å². The molecule has 2 aromatic rings. The number of likely N-dealkylation sites (N-methyl/N-ethyl adjacent to an activating group) is 1. The molecule has 4 heteroatoms. The van der Waals surface area contributed by atoms with Crippen molar-refractivity contribution in [1.82, 2.24) is 4.90 Å². The standard InChI is InChI=1S/C18H21NO3/c1-19(17(13-20)12-15-8-4-2-5-9-15)18(21)22-14-16-10-6-3-7-11-16/h2-11,17,20H,12-14H2,1H3. The Morgan fingerprint density at radius 3 is 2.14 bits per heavy atom. The van der Waals surface area contributed by atoms with Crippen molar-refractivity contribution < 1.29 is 14.6 Å². The zero-order valence-corrected chi connectivity index (χ0v) is 12.7. The molecule has 0 radical (unpaired) electrons. The lowest BCUT2D eigenvalue weighted by atomic mass is 10.1. The van der Waals surface area contributed by atoms with E-state index in [9.17, 15) is 9.90 Å². The lowest BCUT2D eigenvalue weighted by Crippen LogP contribution is -2.41. The number of carbonyl (C=O) groups excluding carboxylic acids is 1. The fraction of sp³-hybridized carbons (Fsp3) is 0.278. The van der Waals surface area contributed by atoms with Crippen LogP contribution >= 0.6 is 0 Å². The van der Waals surface area contributed by atoms with Crippen LogP contribution in [0.5, 0.6) is 0 Å². The number of benzene rings is 2. The van der Waals surface area contributed by atoms with Gasteiger partial charge in [-0.05, 0) is 17.5 Å². The van der Waals surface area contributed by atoms with Crippen LogP contribution in [0.4, 0.5) is 4.79 Å². The minimum absolute atomic E-state index is 0.105. The van der Waals surface area contributed by atoms with E-state index in [-0.39, 0.29) is 19.3 Å². The monoisotopic (exact) mass is 299 g/mol. The van der Waals surface area contributed by atoms with Gasteiger partial charge in [0, 0.05) is 7.05 Å². The van der Waals surface area contributed by atoms with Gasteiger partial charge in [0.05, 0.1) is 12.6 Å². The molecule has 0 fully saturated rings. The third-order valence-electron chi connectivity index (χ3n) is 3.57. The van der Waals surface area contributed by atoms with E-state index in [0.717, 1.165) is 11.1 Å². The Kier molecular flexibility index (Phi) is 5.98. The second-order valence-corrected chi connectivity index (χ2v) is 5.18. The fourth-order valence-electron chi connectivity index (χ4n) is 2.18. The lowest BCUT2D eigenvalue weighted by molar-refractivity contribution is 0.0761. The molecule has 0 heterocycles. The van der Waals surface area contributed by atoms with Gasteiger partial charge in [0.2, 0.25) is 0 Å². The molecule has 0 aliphatic heterocycles. The maximum Gasteiger partial charge on any atom is 0.410 e. The largest absolute Gasteiger partial charge is 0.445 e. The highest BCUT2D eigenvalue weighted by Gasteiger charge is 2.20.